The van der Waals surface area contributed by atoms with Gasteiger partial charge >= 0.3 is 0 Å². The second-order valence-electron chi connectivity index (χ2n) is 4.68. The summed E-state index contributed by atoms with van der Waals surface area (Å²) in [5.41, 5.74) is 5.92. The summed E-state index contributed by atoms with van der Waals surface area (Å²) >= 11 is 2.10. The van der Waals surface area contributed by atoms with E-state index >= 15 is 0 Å². The van der Waals surface area contributed by atoms with Gasteiger partial charge in [0.05, 0.1) is 0 Å². The van der Waals surface area contributed by atoms with E-state index in [9.17, 15) is 0 Å². The van der Waals surface area contributed by atoms with Crippen LogP contribution in [0.2, 0.25) is 0 Å². The monoisotopic (exact) mass is 214 g/mol. The highest BCUT2D eigenvalue weighted by Crippen LogP contribution is 2.32. The summed E-state index contributed by atoms with van der Waals surface area (Å²) in [5, 5.41) is 0. The van der Waals surface area contributed by atoms with Crippen molar-refractivity contribution in [3.05, 3.63) is 0 Å². The third-order valence-corrected chi connectivity index (χ3v) is 5.11. The number of thioether (sulfide) groups is 1. The number of nitrogens with zero attached hydrogens (tertiary/aromatic N) is 1. The average Bonchev–Trinajstić information content (AvgIpc) is 2.55. The summed E-state index contributed by atoms with van der Waals surface area (Å²) in [6.07, 6.45) is 5.59. The molecule has 0 aromatic carbocycles. The van der Waals surface area contributed by atoms with Gasteiger partial charge in [-0.25, -0.2) is 0 Å². The topological polar surface area (TPSA) is 29.3 Å². The van der Waals surface area contributed by atoms with Crippen LogP contribution in [0.1, 0.15) is 25.7 Å². The quantitative estimate of drug-likeness (QED) is 0.770. The van der Waals surface area contributed by atoms with E-state index in [2.05, 4.69) is 23.7 Å². The Labute approximate surface area is 91.6 Å². The zero-order chi connectivity index (χ0) is 9.97. The van der Waals surface area contributed by atoms with Gasteiger partial charge in [-0.2, -0.15) is 11.8 Å². The van der Waals surface area contributed by atoms with Gasteiger partial charge in [-0.15, -0.1) is 0 Å². The fraction of sp³-hybridized carbons (Fsp3) is 1.00. The Kier molecular flexibility index (Phi) is 3.74. The predicted molar refractivity (Wildman–Crippen MR) is 63.7 cm³/mol. The van der Waals surface area contributed by atoms with Crippen LogP contribution in [0.4, 0.5) is 0 Å². The lowest BCUT2D eigenvalue weighted by atomic mass is 9.88. The maximum atomic E-state index is 5.92. The summed E-state index contributed by atoms with van der Waals surface area (Å²) in [5.74, 6) is 3.54. The second kappa shape index (κ2) is 4.86. The minimum absolute atomic E-state index is 0.648. The Bertz CT molecular complexity index is 176. The molecule has 0 aromatic rings. The normalized spacial score (nSPS) is 30.6. The number of likely N-dealkylation sites (N-methyl/N-ethyl adjacent to an activating group) is 1. The van der Waals surface area contributed by atoms with Crippen LogP contribution in [-0.4, -0.2) is 42.1 Å². The molecule has 2 unspecified atom stereocenters. The molecule has 0 spiro atoms. The van der Waals surface area contributed by atoms with Crippen molar-refractivity contribution in [1.82, 2.24) is 4.90 Å². The molecule has 3 heteroatoms. The van der Waals surface area contributed by atoms with Crippen LogP contribution in [0.5, 0.6) is 0 Å². The molecule has 1 heterocycles. The van der Waals surface area contributed by atoms with E-state index in [0.29, 0.717) is 6.04 Å². The Balaban J connectivity index is 1.89. The van der Waals surface area contributed by atoms with Gasteiger partial charge in [0.15, 0.2) is 0 Å². The third kappa shape index (κ3) is 2.10. The maximum absolute atomic E-state index is 5.92. The van der Waals surface area contributed by atoms with E-state index in [1.807, 2.05) is 0 Å². The number of hydrogen-bond acceptors (Lipinski definition) is 3. The first-order chi connectivity index (χ1) is 6.83. The predicted octanol–water partition coefficient (Wildman–Crippen LogP) is 1.55. The molecule has 1 saturated carbocycles. The SMILES string of the molecule is CN(C1CCC1)C(CN)C1CCSC1. The number of nitrogens with two attached hydrogens (primary N) is 1. The van der Waals surface area contributed by atoms with Crippen molar-refractivity contribution in [3.63, 3.8) is 0 Å². The van der Waals surface area contributed by atoms with E-state index < -0.39 is 0 Å². The summed E-state index contributed by atoms with van der Waals surface area (Å²) in [6, 6.07) is 1.49. The largest absolute Gasteiger partial charge is 0.329 e. The lowest BCUT2D eigenvalue weighted by molar-refractivity contribution is 0.0862. The zero-order valence-electron chi connectivity index (χ0n) is 9.11. The van der Waals surface area contributed by atoms with Crippen molar-refractivity contribution in [2.24, 2.45) is 11.7 Å². The van der Waals surface area contributed by atoms with Gasteiger partial charge in [0.2, 0.25) is 0 Å². The number of hydrogen-bond donors (Lipinski definition) is 1. The summed E-state index contributed by atoms with van der Waals surface area (Å²) < 4.78 is 0. The highest BCUT2D eigenvalue weighted by Gasteiger charge is 2.32. The van der Waals surface area contributed by atoms with Crippen molar-refractivity contribution in [2.75, 3.05) is 25.1 Å². The van der Waals surface area contributed by atoms with Gasteiger partial charge in [-0.1, -0.05) is 6.42 Å². The minimum atomic E-state index is 0.648. The average molecular weight is 214 g/mol. The molecule has 1 saturated heterocycles. The molecule has 2 fully saturated rings. The van der Waals surface area contributed by atoms with Crippen LogP contribution in [0, 0.1) is 5.92 Å². The first-order valence-corrected chi connectivity index (χ1v) is 6.98. The van der Waals surface area contributed by atoms with Gasteiger partial charge in [-0.05, 0) is 43.7 Å². The van der Waals surface area contributed by atoms with Crippen molar-refractivity contribution < 1.29 is 0 Å². The maximum Gasteiger partial charge on any atom is 0.0254 e. The smallest absolute Gasteiger partial charge is 0.0254 e. The van der Waals surface area contributed by atoms with Crippen molar-refractivity contribution in [3.8, 4) is 0 Å². The first-order valence-electron chi connectivity index (χ1n) is 5.82. The van der Waals surface area contributed by atoms with E-state index in [1.54, 1.807) is 0 Å². The Hall–Kier alpha value is 0.270. The van der Waals surface area contributed by atoms with Crippen molar-refractivity contribution in [2.45, 2.75) is 37.8 Å². The zero-order valence-corrected chi connectivity index (χ0v) is 9.93. The number of rotatable bonds is 4. The lowest BCUT2D eigenvalue weighted by Gasteiger charge is -2.41. The molecule has 0 aromatic heterocycles. The third-order valence-electron chi connectivity index (χ3n) is 3.92. The molecular formula is C11H22N2S. The van der Waals surface area contributed by atoms with E-state index in [4.69, 9.17) is 5.73 Å². The minimum Gasteiger partial charge on any atom is -0.329 e. The van der Waals surface area contributed by atoms with Gasteiger partial charge in [0, 0.05) is 18.6 Å². The molecule has 2 N–H and O–H groups in total. The summed E-state index contributed by atoms with van der Waals surface area (Å²) in [6.45, 7) is 0.845. The van der Waals surface area contributed by atoms with E-state index in [1.165, 1.54) is 37.2 Å². The van der Waals surface area contributed by atoms with Crippen LogP contribution in [0.3, 0.4) is 0 Å². The van der Waals surface area contributed by atoms with Crippen LogP contribution in [0.15, 0.2) is 0 Å². The van der Waals surface area contributed by atoms with Crippen LogP contribution < -0.4 is 5.73 Å². The second-order valence-corrected chi connectivity index (χ2v) is 5.83. The molecule has 14 heavy (non-hydrogen) atoms. The molecule has 0 bridgehead atoms. The standard InChI is InChI=1S/C11H22N2S/c1-13(10-3-2-4-10)11(7-12)9-5-6-14-8-9/h9-11H,2-8,12H2,1H3. The Morgan fingerprint density at radius 1 is 1.43 bits per heavy atom. The molecule has 82 valence electrons. The van der Waals surface area contributed by atoms with Crippen molar-refractivity contribution >= 4 is 11.8 Å². The highest BCUT2D eigenvalue weighted by atomic mass is 32.2. The lowest BCUT2D eigenvalue weighted by Crippen LogP contribution is -2.50. The molecule has 2 aliphatic rings. The summed E-state index contributed by atoms with van der Waals surface area (Å²) in [4.78, 5) is 2.57. The molecule has 1 aliphatic carbocycles. The summed E-state index contributed by atoms with van der Waals surface area (Å²) in [7, 11) is 2.28. The highest BCUT2D eigenvalue weighted by molar-refractivity contribution is 7.99. The fourth-order valence-corrected chi connectivity index (χ4v) is 3.94. The molecular weight excluding hydrogens is 192 g/mol. The van der Waals surface area contributed by atoms with Gasteiger partial charge in [0.25, 0.3) is 0 Å². The Morgan fingerprint density at radius 3 is 2.64 bits per heavy atom. The van der Waals surface area contributed by atoms with Gasteiger partial charge in [-0.3, -0.25) is 4.90 Å². The van der Waals surface area contributed by atoms with Crippen LogP contribution in [0.25, 0.3) is 0 Å². The molecule has 2 atom stereocenters. The van der Waals surface area contributed by atoms with Gasteiger partial charge < -0.3 is 5.73 Å². The first kappa shape index (κ1) is 10.8. The molecule has 0 amide bonds. The van der Waals surface area contributed by atoms with Gasteiger partial charge in [0.1, 0.15) is 0 Å². The molecule has 2 nitrogen and oxygen atoms in total. The Morgan fingerprint density at radius 2 is 2.21 bits per heavy atom. The van der Waals surface area contributed by atoms with Crippen LogP contribution >= 0.6 is 11.8 Å². The molecule has 2 rings (SSSR count). The fourth-order valence-electron chi connectivity index (χ4n) is 2.61. The van der Waals surface area contributed by atoms with E-state index in [0.717, 1.165) is 18.5 Å². The van der Waals surface area contributed by atoms with E-state index in [-0.39, 0.29) is 0 Å². The molecule has 1 aliphatic heterocycles. The van der Waals surface area contributed by atoms with Crippen LogP contribution in [-0.2, 0) is 0 Å². The van der Waals surface area contributed by atoms with Crippen molar-refractivity contribution in [1.29, 1.82) is 0 Å². The molecule has 0 radical (unpaired) electrons.